The first-order valence-corrected chi connectivity index (χ1v) is 12.7. The number of hydrogen-bond donors (Lipinski definition) is 1. The van der Waals surface area contributed by atoms with Gasteiger partial charge in [0, 0.05) is 69.7 Å². The normalized spacial score (nSPS) is 14.0. The molecule has 1 aromatic carbocycles. The molecule has 216 valence electrons. The SMILES string of the molecule is O=C(Cc1ccc2nn(CC(=O)N3CCN(CCn4ccnc4)CC3)cc2c1)c1cccc(C(F)(F)F)n1.O=CO. The Morgan fingerprint density at radius 2 is 1.80 bits per heavy atom. The fourth-order valence-electron chi connectivity index (χ4n) is 4.48. The second-order valence-corrected chi connectivity index (χ2v) is 9.35. The van der Waals surface area contributed by atoms with Gasteiger partial charge in [-0.2, -0.15) is 18.3 Å². The molecule has 3 aromatic heterocycles. The molecule has 5 rings (SSSR count). The zero-order valence-corrected chi connectivity index (χ0v) is 21.9. The maximum absolute atomic E-state index is 12.9. The highest BCUT2D eigenvalue weighted by Crippen LogP contribution is 2.27. The second kappa shape index (κ2) is 13.2. The quantitative estimate of drug-likeness (QED) is 0.253. The van der Waals surface area contributed by atoms with Gasteiger partial charge in [0.05, 0.1) is 11.8 Å². The number of piperazine rings is 1. The molecule has 4 aromatic rings. The minimum Gasteiger partial charge on any atom is -0.483 e. The van der Waals surface area contributed by atoms with Crippen LogP contribution in [0.15, 0.2) is 61.3 Å². The first kappa shape index (κ1) is 29.4. The molecule has 0 bridgehead atoms. The number of benzene rings is 1. The largest absolute Gasteiger partial charge is 0.483 e. The van der Waals surface area contributed by atoms with E-state index < -0.39 is 17.7 Å². The summed E-state index contributed by atoms with van der Waals surface area (Å²) < 4.78 is 42.4. The van der Waals surface area contributed by atoms with Gasteiger partial charge in [-0.25, -0.2) is 9.97 Å². The maximum Gasteiger partial charge on any atom is 0.433 e. The van der Waals surface area contributed by atoms with Gasteiger partial charge >= 0.3 is 6.18 Å². The predicted octanol–water partition coefficient (Wildman–Crippen LogP) is 2.62. The number of amides is 1. The molecule has 0 radical (unpaired) electrons. The number of ketones is 1. The van der Waals surface area contributed by atoms with Crippen molar-refractivity contribution in [3.63, 3.8) is 0 Å². The Labute approximate surface area is 232 Å². The molecule has 1 saturated heterocycles. The zero-order chi connectivity index (χ0) is 29.4. The Hall–Kier alpha value is -4.59. The lowest BCUT2D eigenvalue weighted by Crippen LogP contribution is -2.50. The molecule has 4 heterocycles. The topological polar surface area (TPSA) is 126 Å². The second-order valence-electron chi connectivity index (χ2n) is 9.35. The van der Waals surface area contributed by atoms with Crippen LogP contribution in [0, 0.1) is 0 Å². The third-order valence-corrected chi connectivity index (χ3v) is 6.56. The van der Waals surface area contributed by atoms with E-state index in [0.717, 1.165) is 37.6 Å². The van der Waals surface area contributed by atoms with Gasteiger partial charge in [-0.05, 0) is 29.8 Å². The van der Waals surface area contributed by atoms with Crippen LogP contribution in [0.3, 0.4) is 0 Å². The lowest BCUT2D eigenvalue weighted by atomic mass is 10.0. The summed E-state index contributed by atoms with van der Waals surface area (Å²) in [6.07, 6.45) is 2.51. The molecular weight excluding hydrogens is 543 g/mol. The number of fused-ring (bicyclic) bond motifs is 1. The standard InChI is InChI=1S/C26H26F3N7O2.CH2O2/c27-26(28,29)24-3-1-2-22(31-24)23(37)15-19-4-5-21-20(14-19)16-36(32-21)17-25(38)35-12-10-33(11-13-35)8-9-34-7-6-30-18-34;2-1-3/h1-7,14,16,18H,8-13,15,17H2;1H,(H,2,3). The van der Waals surface area contributed by atoms with Crippen LogP contribution in [0.1, 0.15) is 21.7 Å². The molecule has 0 spiro atoms. The van der Waals surface area contributed by atoms with Gasteiger partial charge in [-0.3, -0.25) is 24.0 Å². The number of carbonyl (C=O) groups excluding carboxylic acids is 2. The average molecular weight is 572 g/mol. The summed E-state index contributed by atoms with van der Waals surface area (Å²) in [5.41, 5.74) is -0.0430. The van der Waals surface area contributed by atoms with Crippen LogP contribution < -0.4 is 0 Å². The van der Waals surface area contributed by atoms with E-state index in [1.54, 1.807) is 41.6 Å². The molecule has 1 N–H and O–H groups in total. The minimum absolute atomic E-state index is 0.0157. The van der Waals surface area contributed by atoms with Crippen molar-refractivity contribution in [3.8, 4) is 0 Å². The number of rotatable bonds is 8. The number of carbonyl (C=O) groups is 3. The first-order chi connectivity index (χ1) is 19.7. The summed E-state index contributed by atoms with van der Waals surface area (Å²) in [6, 6.07) is 8.48. The first-order valence-electron chi connectivity index (χ1n) is 12.7. The number of carboxylic acid groups (broad SMARTS) is 1. The molecule has 0 saturated carbocycles. The Bertz CT molecular complexity index is 1480. The van der Waals surface area contributed by atoms with Crippen molar-refractivity contribution in [2.45, 2.75) is 25.7 Å². The number of halogens is 3. The molecule has 14 heteroatoms. The fourth-order valence-corrected chi connectivity index (χ4v) is 4.48. The number of alkyl halides is 3. The molecule has 41 heavy (non-hydrogen) atoms. The van der Waals surface area contributed by atoms with E-state index in [-0.39, 0.29) is 31.0 Å². The minimum atomic E-state index is -4.62. The summed E-state index contributed by atoms with van der Waals surface area (Å²) in [7, 11) is 0. The van der Waals surface area contributed by atoms with Crippen molar-refractivity contribution >= 4 is 29.1 Å². The highest BCUT2D eigenvalue weighted by atomic mass is 19.4. The van der Waals surface area contributed by atoms with Crippen LogP contribution in [0.4, 0.5) is 13.2 Å². The van der Waals surface area contributed by atoms with Crippen LogP contribution in [0.5, 0.6) is 0 Å². The van der Waals surface area contributed by atoms with Crippen molar-refractivity contribution in [1.29, 1.82) is 0 Å². The Morgan fingerprint density at radius 1 is 1.05 bits per heavy atom. The summed E-state index contributed by atoms with van der Waals surface area (Å²) >= 11 is 0. The van der Waals surface area contributed by atoms with Crippen LogP contribution in [-0.2, 0) is 35.3 Å². The molecule has 0 aliphatic carbocycles. The smallest absolute Gasteiger partial charge is 0.433 e. The lowest BCUT2D eigenvalue weighted by molar-refractivity contribution is -0.141. The lowest BCUT2D eigenvalue weighted by Gasteiger charge is -2.34. The van der Waals surface area contributed by atoms with Crippen molar-refractivity contribution < 1.29 is 32.7 Å². The predicted molar refractivity (Wildman–Crippen MR) is 141 cm³/mol. The van der Waals surface area contributed by atoms with Gasteiger partial charge in [0.15, 0.2) is 5.78 Å². The van der Waals surface area contributed by atoms with E-state index in [0.29, 0.717) is 24.2 Å². The summed E-state index contributed by atoms with van der Waals surface area (Å²) in [6.45, 7) is 4.53. The Balaban J connectivity index is 0.00000124. The number of hydrogen-bond acceptors (Lipinski definition) is 7. The van der Waals surface area contributed by atoms with E-state index in [4.69, 9.17) is 9.90 Å². The number of aromatic nitrogens is 5. The van der Waals surface area contributed by atoms with Gasteiger partial charge in [0.2, 0.25) is 5.91 Å². The zero-order valence-electron chi connectivity index (χ0n) is 21.9. The Kier molecular flexibility index (Phi) is 9.45. The molecule has 0 atom stereocenters. The highest BCUT2D eigenvalue weighted by Gasteiger charge is 2.33. The molecule has 1 fully saturated rings. The molecule has 11 nitrogen and oxygen atoms in total. The summed E-state index contributed by atoms with van der Waals surface area (Å²) in [4.78, 5) is 45.5. The van der Waals surface area contributed by atoms with Crippen molar-refractivity contribution in [3.05, 3.63) is 78.3 Å². The van der Waals surface area contributed by atoms with Gasteiger partial charge in [0.25, 0.3) is 6.47 Å². The van der Waals surface area contributed by atoms with Gasteiger partial charge in [-0.15, -0.1) is 0 Å². The third-order valence-electron chi connectivity index (χ3n) is 6.56. The Morgan fingerprint density at radius 3 is 2.49 bits per heavy atom. The van der Waals surface area contributed by atoms with Crippen molar-refractivity contribution in [1.82, 2.24) is 34.1 Å². The van der Waals surface area contributed by atoms with Gasteiger partial charge < -0.3 is 14.6 Å². The van der Waals surface area contributed by atoms with Crippen molar-refractivity contribution in [2.75, 3.05) is 32.7 Å². The van der Waals surface area contributed by atoms with E-state index >= 15 is 0 Å². The number of nitrogens with zero attached hydrogens (tertiary/aromatic N) is 7. The highest BCUT2D eigenvalue weighted by molar-refractivity contribution is 5.96. The molecule has 1 aliphatic heterocycles. The van der Waals surface area contributed by atoms with Gasteiger partial charge in [-0.1, -0.05) is 12.1 Å². The fraction of sp³-hybridized carbons (Fsp3) is 0.333. The van der Waals surface area contributed by atoms with Crippen LogP contribution >= 0.6 is 0 Å². The van der Waals surface area contributed by atoms with Crippen LogP contribution in [0.25, 0.3) is 10.9 Å². The maximum atomic E-state index is 12.9. The van der Waals surface area contributed by atoms with E-state index in [1.807, 2.05) is 15.7 Å². The van der Waals surface area contributed by atoms with Crippen molar-refractivity contribution in [2.24, 2.45) is 0 Å². The number of Topliss-reactive ketones (excluding diaryl/α,β-unsaturated/α-hetero) is 1. The average Bonchev–Trinajstić information content (AvgIpc) is 3.61. The molecule has 1 amide bonds. The van der Waals surface area contributed by atoms with E-state index in [9.17, 15) is 22.8 Å². The van der Waals surface area contributed by atoms with E-state index in [2.05, 4.69) is 20.0 Å². The van der Waals surface area contributed by atoms with Crippen LogP contribution in [-0.4, -0.2) is 90.1 Å². The molecular formula is C27H28F3N7O4. The van der Waals surface area contributed by atoms with E-state index in [1.165, 1.54) is 12.1 Å². The summed E-state index contributed by atoms with van der Waals surface area (Å²) in [5.74, 6) is -0.528. The van der Waals surface area contributed by atoms with Crippen LogP contribution in [0.2, 0.25) is 0 Å². The third kappa shape index (κ3) is 7.97. The molecule has 1 aliphatic rings. The monoisotopic (exact) mass is 571 g/mol. The van der Waals surface area contributed by atoms with Gasteiger partial charge in [0.1, 0.15) is 17.9 Å². The molecule has 0 unspecified atom stereocenters. The number of pyridine rings is 1. The summed E-state index contributed by atoms with van der Waals surface area (Å²) in [5, 5.41) is 12.1. The number of imidazole rings is 1.